The molecular weight excluding hydrogens is 178 g/mol. The highest BCUT2D eigenvalue weighted by Crippen LogP contribution is 2.30. The van der Waals surface area contributed by atoms with E-state index in [1.165, 1.54) is 0 Å². The van der Waals surface area contributed by atoms with Crippen molar-refractivity contribution in [1.82, 2.24) is 5.48 Å². The quantitative estimate of drug-likeness (QED) is 0.620. The van der Waals surface area contributed by atoms with Crippen LogP contribution in [0.2, 0.25) is 5.02 Å². The monoisotopic (exact) mass is 187 g/mol. The van der Waals surface area contributed by atoms with Crippen molar-refractivity contribution < 1.29 is 10.3 Å². The molecule has 3 nitrogen and oxygen atoms in total. The number of hydroxylamine groups is 1. The van der Waals surface area contributed by atoms with E-state index in [-0.39, 0.29) is 17.3 Å². The lowest BCUT2D eigenvalue weighted by Crippen LogP contribution is -2.06. The van der Waals surface area contributed by atoms with Gasteiger partial charge in [-0.05, 0) is 18.1 Å². The number of phenolic OH excluding ortho intramolecular Hbond substituents is 1. The van der Waals surface area contributed by atoms with Crippen molar-refractivity contribution in [2.75, 3.05) is 0 Å². The van der Waals surface area contributed by atoms with Crippen LogP contribution in [-0.2, 0) is 6.54 Å². The second-order valence-electron chi connectivity index (χ2n) is 2.54. The number of halogens is 1. The normalized spacial score (nSPS) is 10.2. The number of benzene rings is 1. The van der Waals surface area contributed by atoms with Crippen LogP contribution in [0.25, 0.3) is 0 Å². The van der Waals surface area contributed by atoms with Crippen molar-refractivity contribution in [2.24, 2.45) is 0 Å². The Morgan fingerprint density at radius 1 is 1.50 bits per heavy atom. The van der Waals surface area contributed by atoms with E-state index in [4.69, 9.17) is 16.8 Å². The standard InChI is InChI=1S/C8H10ClNO2/c1-5-2-3-6(4-10-12)7(9)8(5)11/h2-3,10-12H,4H2,1H3. The molecule has 0 saturated heterocycles. The second-order valence-corrected chi connectivity index (χ2v) is 2.92. The average molecular weight is 188 g/mol. The zero-order valence-corrected chi connectivity index (χ0v) is 7.39. The number of phenols is 1. The Morgan fingerprint density at radius 3 is 2.75 bits per heavy atom. The van der Waals surface area contributed by atoms with Gasteiger partial charge in [0.05, 0.1) is 5.02 Å². The molecule has 0 radical (unpaired) electrons. The number of hydrogen-bond acceptors (Lipinski definition) is 3. The molecule has 0 amide bonds. The summed E-state index contributed by atoms with van der Waals surface area (Å²) in [5.41, 5.74) is 3.37. The van der Waals surface area contributed by atoms with Crippen molar-refractivity contribution in [3.63, 3.8) is 0 Å². The van der Waals surface area contributed by atoms with Crippen LogP contribution in [0.5, 0.6) is 5.75 Å². The summed E-state index contributed by atoms with van der Waals surface area (Å²) in [6.07, 6.45) is 0. The number of hydrogen-bond donors (Lipinski definition) is 3. The SMILES string of the molecule is Cc1ccc(CNO)c(Cl)c1O. The Kier molecular flexibility index (Phi) is 2.92. The lowest BCUT2D eigenvalue weighted by atomic mass is 10.1. The second kappa shape index (κ2) is 3.76. The molecule has 0 saturated carbocycles. The predicted molar refractivity (Wildman–Crippen MR) is 46.5 cm³/mol. The van der Waals surface area contributed by atoms with Crippen LogP contribution in [0.1, 0.15) is 11.1 Å². The first-order valence-corrected chi connectivity index (χ1v) is 3.88. The summed E-state index contributed by atoms with van der Waals surface area (Å²) in [6.45, 7) is 1.99. The summed E-state index contributed by atoms with van der Waals surface area (Å²) in [4.78, 5) is 0. The Labute approximate surface area is 75.6 Å². The van der Waals surface area contributed by atoms with Crippen molar-refractivity contribution in [2.45, 2.75) is 13.5 Å². The first-order chi connectivity index (χ1) is 5.66. The Balaban J connectivity index is 3.08. The molecule has 0 atom stereocenters. The minimum atomic E-state index is 0.0735. The van der Waals surface area contributed by atoms with Crippen molar-refractivity contribution in [3.8, 4) is 5.75 Å². The minimum absolute atomic E-state index is 0.0735. The van der Waals surface area contributed by atoms with Gasteiger partial charge >= 0.3 is 0 Å². The first-order valence-electron chi connectivity index (χ1n) is 3.50. The molecule has 3 N–H and O–H groups in total. The molecule has 0 unspecified atom stereocenters. The van der Waals surface area contributed by atoms with Crippen LogP contribution in [-0.4, -0.2) is 10.3 Å². The van der Waals surface area contributed by atoms with E-state index in [1.807, 2.05) is 5.48 Å². The molecule has 66 valence electrons. The average Bonchev–Trinajstić information content (AvgIpc) is 2.07. The number of nitrogens with one attached hydrogen (secondary N) is 1. The molecule has 0 aromatic heterocycles. The van der Waals surface area contributed by atoms with Gasteiger partial charge in [-0.2, -0.15) is 0 Å². The summed E-state index contributed by atoms with van der Waals surface area (Å²) in [7, 11) is 0. The highest BCUT2D eigenvalue weighted by molar-refractivity contribution is 6.32. The third-order valence-electron chi connectivity index (χ3n) is 1.67. The molecular formula is C8H10ClNO2. The molecule has 0 aliphatic heterocycles. The zero-order valence-electron chi connectivity index (χ0n) is 6.63. The van der Waals surface area contributed by atoms with Crippen LogP contribution >= 0.6 is 11.6 Å². The summed E-state index contributed by atoms with van der Waals surface area (Å²) in [6, 6.07) is 3.49. The molecule has 4 heteroatoms. The molecule has 0 fully saturated rings. The van der Waals surface area contributed by atoms with Gasteiger partial charge in [0.25, 0.3) is 0 Å². The van der Waals surface area contributed by atoms with E-state index in [1.54, 1.807) is 19.1 Å². The van der Waals surface area contributed by atoms with Gasteiger partial charge in [0.2, 0.25) is 0 Å². The fraction of sp³-hybridized carbons (Fsp3) is 0.250. The molecule has 0 aliphatic carbocycles. The molecule has 1 rings (SSSR count). The maximum absolute atomic E-state index is 9.37. The summed E-state index contributed by atoms with van der Waals surface area (Å²) in [5, 5.41) is 18.1. The van der Waals surface area contributed by atoms with E-state index in [9.17, 15) is 5.11 Å². The highest BCUT2D eigenvalue weighted by atomic mass is 35.5. The maximum atomic E-state index is 9.37. The van der Waals surface area contributed by atoms with Crippen molar-refractivity contribution >= 4 is 11.6 Å². The van der Waals surface area contributed by atoms with Gasteiger partial charge in [0.1, 0.15) is 5.75 Å². The van der Waals surface area contributed by atoms with Crippen LogP contribution in [0.15, 0.2) is 12.1 Å². The van der Waals surface area contributed by atoms with Gasteiger partial charge < -0.3 is 10.3 Å². The summed E-state index contributed by atoms with van der Waals surface area (Å²) >= 11 is 5.78. The molecule has 1 aromatic rings. The van der Waals surface area contributed by atoms with Gasteiger partial charge in [0, 0.05) is 6.54 Å². The van der Waals surface area contributed by atoms with E-state index in [2.05, 4.69) is 0 Å². The fourth-order valence-electron chi connectivity index (χ4n) is 0.925. The largest absolute Gasteiger partial charge is 0.506 e. The zero-order chi connectivity index (χ0) is 9.14. The summed E-state index contributed by atoms with van der Waals surface area (Å²) in [5.74, 6) is 0.0735. The van der Waals surface area contributed by atoms with Crippen LogP contribution in [0.3, 0.4) is 0 Å². The predicted octanol–water partition coefficient (Wildman–Crippen LogP) is 1.83. The van der Waals surface area contributed by atoms with E-state index in [0.29, 0.717) is 5.56 Å². The summed E-state index contributed by atoms with van der Waals surface area (Å²) < 4.78 is 0. The first kappa shape index (κ1) is 9.32. The lowest BCUT2D eigenvalue weighted by molar-refractivity contribution is 0.161. The minimum Gasteiger partial charge on any atom is -0.506 e. The fourth-order valence-corrected chi connectivity index (χ4v) is 1.20. The van der Waals surface area contributed by atoms with E-state index >= 15 is 0 Å². The number of aryl methyl sites for hydroxylation is 1. The highest BCUT2D eigenvalue weighted by Gasteiger charge is 2.06. The third kappa shape index (κ3) is 1.69. The Hall–Kier alpha value is -0.770. The van der Waals surface area contributed by atoms with Gasteiger partial charge in [-0.1, -0.05) is 23.7 Å². The Morgan fingerprint density at radius 2 is 2.17 bits per heavy atom. The molecule has 1 aromatic carbocycles. The van der Waals surface area contributed by atoms with Gasteiger partial charge in [-0.3, -0.25) is 0 Å². The number of rotatable bonds is 2. The smallest absolute Gasteiger partial charge is 0.137 e. The van der Waals surface area contributed by atoms with Gasteiger partial charge in [-0.15, -0.1) is 0 Å². The van der Waals surface area contributed by atoms with Gasteiger partial charge in [-0.25, -0.2) is 5.48 Å². The van der Waals surface area contributed by atoms with Crippen LogP contribution < -0.4 is 5.48 Å². The van der Waals surface area contributed by atoms with Crippen molar-refractivity contribution in [1.29, 1.82) is 0 Å². The number of aromatic hydroxyl groups is 1. The molecule has 0 bridgehead atoms. The Bertz CT molecular complexity index is 289. The van der Waals surface area contributed by atoms with Crippen LogP contribution in [0, 0.1) is 6.92 Å². The maximum Gasteiger partial charge on any atom is 0.137 e. The molecule has 0 spiro atoms. The topological polar surface area (TPSA) is 52.5 Å². The molecule has 12 heavy (non-hydrogen) atoms. The van der Waals surface area contributed by atoms with Crippen LogP contribution in [0.4, 0.5) is 0 Å². The van der Waals surface area contributed by atoms with Gasteiger partial charge in [0.15, 0.2) is 0 Å². The lowest BCUT2D eigenvalue weighted by Gasteiger charge is -2.06. The molecule has 0 aliphatic rings. The van der Waals surface area contributed by atoms with E-state index in [0.717, 1.165) is 5.56 Å². The van der Waals surface area contributed by atoms with E-state index < -0.39 is 0 Å². The third-order valence-corrected chi connectivity index (χ3v) is 2.09. The molecule has 0 heterocycles. The van der Waals surface area contributed by atoms with Crippen molar-refractivity contribution in [3.05, 3.63) is 28.3 Å².